The summed E-state index contributed by atoms with van der Waals surface area (Å²) in [6.07, 6.45) is 0. The average Bonchev–Trinajstić information content (AvgIpc) is 3.22. The quantitative estimate of drug-likeness (QED) is 0.479. The van der Waals surface area contributed by atoms with Crippen LogP contribution < -0.4 is 4.90 Å². The van der Waals surface area contributed by atoms with E-state index in [1.54, 1.807) is 0 Å². The molecule has 0 bridgehead atoms. The average molecular weight is 447 g/mol. The number of nitrogens with one attached hydrogen (secondary N) is 1. The lowest BCUT2D eigenvalue weighted by atomic mass is 10.1. The first kappa shape index (κ1) is 21.0. The minimum Gasteiger partial charge on any atom is -0.330 e. The Kier molecular flexibility index (Phi) is 5.85. The number of aryl methyl sites for hydroxylation is 1. The van der Waals surface area contributed by atoms with Gasteiger partial charge in [-0.1, -0.05) is 60.3 Å². The number of fused-ring (bicyclic) bond motifs is 3. The number of nitrogens with zero attached hydrogens (tertiary/aromatic N) is 4. The van der Waals surface area contributed by atoms with Gasteiger partial charge in [0.15, 0.2) is 10.8 Å². The fourth-order valence-corrected chi connectivity index (χ4v) is 5.47. The first-order valence-electron chi connectivity index (χ1n) is 11.2. The Morgan fingerprint density at radius 2 is 1.78 bits per heavy atom. The predicted molar refractivity (Wildman–Crippen MR) is 128 cm³/mol. The van der Waals surface area contributed by atoms with Gasteiger partial charge in [-0.3, -0.25) is 9.20 Å². The highest BCUT2D eigenvalue weighted by atomic mass is 32.2. The number of rotatable bonds is 5. The van der Waals surface area contributed by atoms with Gasteiger partial charge in [-0.2, -0.15) is 0 Å². The monoisotopic (exact) mass is 446 g/mol. The second kappa shape index (κ2) is 8.92. The van der Waals surface area contributed by atoms with Gasteiger partial charge >= 0.3 is 0 Å². The van der Waals surface area contributed by atoms with Gasteiger partial charge in [0.25, 0.3) is 0 Å². The van der Waals surface area contributed by atoms with Crippen molar-refractivity contribution in [2.45, 2.75) is 30.8 Å². The van der Waals surface area contributed by atoms with Gasteiger partial charge in [-0.15, -0.1) is 10.2 Å². The molecule has 3 heterocycles. The van der Waals surface area contributed by atoms with Crippen molar-refractivity contribution in [1.29, 1.82) is 0 Å². The molecule has 2 aromatic heterocycles. The Hall–Kier alpha value is -2.90. The summed E-state index contributed by atoms with van der Waals surface area (Å²) >= 11 is 1.50. The summed E-state index contributed by atoms with van der Waals surface area (Å²) in [4.78, 5) is 16.7. The highest BCUT2D eigenvalue weighted by molar-refractivity contribution is 8.00. The minimum absolute atomic E-state index is 0.182. The molecule has 7 heteroatoms. The Bertz CT molecular complexity index is 1250. The highest BCUT2D eigenvalue weighted by Crippen LogP contribution is 2.28. The number of quaternary nitrogens is 1. The lowest BCUT2D eigenvalue weighted by molar-refractivity contribution is -0.917. The number of amides is 1. The maximum atomic E-state index is 13.2. The molecule has 0 radical (unpaired) electrons. The number of thioether (sulfide) groups is 1. The van der Waals surface area contributed by atoms with Crippen LogP contribution in [0.25, 0.3) is 16.6 Å². The SMILES string of the molecule is Cc1cc2nnc(S[C@@H](C)C(=O)N3CC[NH+](Cc4ccccc4)CC3)n2c2ccccc12. The van der Waals surface area contributed by atoms with Gasteiger partial charge in [0.05, 0.1) is 36.9 Å². The van der Waals surface area contributed by atoms with Gasteiger partial charge in [0.1, 0.15) is 6.54 Å². The maximum Gasteiger partial charge on any atom is 0.236 e. The Labute approximate surface area is 192 Å². The van der Waals surface area contributed by atoms with Gasteiger partial charge in [-0.05, 0) is 31.5 Å². The molecule has 0 unspecified atom stereocenters. The zero-order chi connectivity index (χ0) is 22.1. The number of hydrogen-bond acceptors (Lipinski definition) is 4. The normalized spacial score (nSPS) is 16.0. The summed E-state index contributed by atoms with van der Waals surface area (Å²) in [5, 5.41) is 10.5. The molecule has 1 saturated heterocycles. The number of pyridine rings is 1. The fourth-order valence-electron chi connectivity index (χ4n) is 4.52. The lowest BCUT2D eigenvalue weighted by Crippen LogP contribution is -3.13. The molecular formula is C25H28N5OS+. The second-order valence-corrected chi connectivity index (χ2v) is 9.83. The van der Waals surface area contributed by atoms with Crippen molar-refractivity contribution >= 4 is 34.2 Å². The van der Waals surface area contributed by atoms with Crippen LogP contribution in [0.3, 0.4) is 0 Å². The zero-order valence-corrected chi connectivity index (χ0v) is 19.3. The third-order valence-electron chi connectivity index (χ3n) is 6.28. The van der Waals surface area contributed by atoms with Crippen LogP contribution in [0.1, 0.15) is 18.1 Å². The topological polar surface area (TPSA) is 54.9 Å². The van der Waals surface area contributed by atoms with Crippen molar-refractivity contribution in [2.24, 2.45) is 0 Å². The van der Waals surface area contributed by atoms with E-state index in [2.05, 4.69) is 70.1 Å². The minimum atomic E-state index is -0.210. The van der Waals surface area contributed by atoms with Crippen molar-refractivity contribution in [3.8, 4) is 0 Å². The van der Waals surface area contributed by atoms with E-state index in [1.807, 2.05) is 24.0 Å². The van der Waals surface area contributed by atoms with Gasteiger partial charge < -0.3 is 9.80 Å². The van der Waals surface area contributed by atoms with E-state index in [9.17, 15) is 4.79 Å². The molecule has 0 saturated carbocycles. The highest BCUT2D eigenvalue weighted by Gasteiger charge is 2.28. The molecule has 0 spiro atoms. The van der Waals surface area contributed by atoms with E-state index < -0.39 is 0 Å². The molecule has 1 atom stereocenters. The van der Waals surface area contributed by atoms with E-state index in [4.69, 9.17) is 0 Å². The first-order valence-corrected chi connectivity index (χ1v) is 12.0. The van der Waals surface area contributed by atoms with Crippen molar-refractivity contribution in [3.63, 3.8) is 0 Å². The van der Waals surface area contributed by atoms with E-state index in [1.165, 1.54) is 33.2 Å². The number of hydrogen-bond donors (Lipinski definition) is 1. The lowest BCUT2D eigenvalue weighted by Gasteiger charge is -2.33. The number of benzene rings is 2. The van der Waals surface area contributed by atoms with Crippen LogP contribution in [0.4, 0.5) is 0 Å². The van der Waals surface area contributed by atoms with E-state index in [0.29, 0.717) is 0 Å². The molecule has 1 amide bonds. The van der Waals surface area contributed by atoms with Gasteiger partial charge in [0, 0.05) is 10.9 Å². The van der Waals surface area contributed by atoms with E-state index >= 15 is 0 Å². The summed E-state index contributed by atoms with van der Waals surface area (Å²) < 4.78 is 2.07. The molecule has 5 rings (SSSR count). The van der Waals surface area contributed by atoms with Crippen LogP contribution >= 0.6 is 11.8 Å². The Morgan fingerprint density at radius 3 is 2.56 bits per heavy atom. The largest absolute Gasteiger partial charge is 0.330 e. The van der Waals surface area contributed by atoms with Gasteiger partial charge in [-0.25, -0.2) is 0 Å². The van der Waals surface area contributed by atoms with Crippen molar-refractivity contribution in [3.05, 3.63) is 71.8 Å². The van der Waals surface area contributed by atoms with Crippen LogP contribution in [0.2, 0.25) is 0 Å². The summed E-state index contributed by atoms with van der Waals surface area (Å²) in [5.74, 6) is 0.182. The molecule has 4 aromatic rings. The first-order chi connectivity index (χ1) is 15.6. The van der Waals surface area contributed by atoms with Crippen molar-refractivity contribution in [2.75, 3.05) is 26.2 Å². The molecular weight excluding hydrogens is 418 g/mol. The molecule has 1 fully saturated rings. The van der Waals surface area contributed by atoms with Crippen molar-refractivity contribution < 1.29 is 9.69 Å². The number of aromatic nitrogens is 3. The predicted octanol–water partition coefficient (Wildman–Crippen LogP) is 2.60. The smallest absolute Gasteiger partial charge is 0.236 e. The second-order valence-electron chi connectivity index (χ2n) is 8.52. The molecule has 6 nitrogen and oxygen atoms in total. The third-order valence-corrected chi connectivity index (χ3v) is 7.31. The van der Waals surface area contributed by atoms with E-state index in [0.717, 1.165) is 49.0 Å². The molecule has 0 aliphatic carbocycles. The Balaban J connectivity index is 1.27. The fraction of sp³-hybridized carbons (Fsp3) is 0.320. The molecule has 1 aliphatic rings. The van der Waals surface area contributed by atoms with Crippen LogP contribution in [0.5, 0.6) is 0 Å². The standard InChI is InChI=1S/C25H27N5OS/c1-18-16-23-26-27-25(30(23)22-11-7-6-10-21(18)22)32-19(2)24(31)29-14-12-28(13-15-29)17-20-8-4-3-5-9-20/h3-11,16,19H,12-15,17H2,1-2H3/p+1/t19-/m0/s1. The summed E-state index contributed by atoms with van der Waals surface area (Å²) in [6.45, 7) is 8.66. The van der Waals surface area contributed by atoms with Crippen LogP contribution in [-0.4, -0.2) is 56.8 Å². The van der Waals surface area contributed by atoms with E-state index in [-0.39, 0.29) is 11.2 Å². The van der Waals surface area contributed by atoms with Crippen LogP contribution in [-0.2, 0) is 11.3 Å². The van der Waals surface area contributed by atoms with Crippen molar-refractivity contribution in [1.82, 2.24) is 19.5 Å². The number of carbonyl (C=O) groups is 1. The molecule has 1 aliphatic heterocycles. The Morgan fingerprint density at radius 1 is 1.06 bits per heavy atom. The van der Waals surface area contributed by atoms with Crippen LogP contribution in [0, 0.1) is 6.92 Å². The molecule has 32 heavy (non-hydrogen) atoms. The molecule has 1 N–H and O–H groups in total. The number of para-hydroxylation sites is 1. The third kappa shape index (κ3) is 4.10. The number of carbonyl (C=O) groups excluding carboxylic acids is 1. The molecule has 2 aromatic carbocycles. The van der Waals surface area contributed by atoms with Gasteiger partial charge in [0.2, 0.25) is 5.91 Å². The summed E-state index contributed by atoms with van der Waals surface area (Å²) in [5.41, 5.74) is 4.43. The van der Waals surface area contributed by atoms with Crippen LogP contribution in [0.15, 0.2) is 65.8 Å². The zero-order valence-electron chi connectivity index (χ0n) is 18.5. The summed E-state index contributed by atoms with van der Waals surface area (Å²) in [6, 6.07) is 20.9. The maximum absolute atomic E-state index is 13.2. The summed E-state index contributed by atoms with van der Waals surface area (Å²) in [7, 11) is 0. The molecule has 164 valence electrons. The number of piperazine rings is 1.